The van der Waals surface area contributed by atoms with Crippen LogP contribution < -0.4 is 5.32 Å². The number of hydrogen-bond acceptors (Lipinski definition) is 2. The molecule has 0 aliphatic carbocycles. The van der Waals surface area contributed by atoms with E-state index in [1.807, 2.05) is 12.1 Å². The fraction of sp³-hybridized carbons (Fsp3) is 0.294. The van der Waals surface area contributed by atoms with Crippen LogP contribution in [0.5, 0.6) is 0 Å². The maximum absolute atomic E-state index is 12.9. The monoisotopic (exact) mass is 270 g/mol. The van der Waals surface area contributed by atoms with Crippen LogP contribution >= 0.6 is 0 Å². The standard InChI is InChI=1S/C17H19FN2/c1-20(11-13-3-6-17(18)7-4-13)12-14-2-5-15-9-19-10-16(15)8-14/h2-8,19H,9-12H2,1H3. The van der Waals surface area contributed by atoms with E-state index in [2.05, 4.69) is 35.5 Å². The Hall–Kier alpha value is -1.71. The largest absolute Gasteiger partial charge is 0.309 e. The van der Waals surface area contributed by atoms with Gasteiger partial charge in [-0.3, -0.25) is 4.90 Å². The molecule has 0 radical (unpaired) electrons. The van der Waals surface area contributed by atoms with Crippen molar-refractivity contribution >= 4 is 0 Å². The highest BCUT2D eigenvalue weighted by Crippen LogP contribution is 2.18. The minimum atomic E-state index is -0.178. The molecule has 104 valence electrons. The van der Waals surface area contributed by atoms with Crippen LogP contribution in [0.1, 0.15) is 22.3 Å². The van der Waals surface area contributed by atoms with Crippen LogP contribution in [0.25, 0.3) is 0 Å². The first-order valence-electron chi connectivity index (χ1n) is 6.95. The molecule has 1 heterocycles. The van der Waals surface area contributed by atoms with Crippen LogP contribution in [0.15, 0.2) is 42.5 Å². The summed E-state index contributed by atoms with van der Waals surface area (Å²) in [6, 6.07) is 13.4. The van der Waals surface area contributed by atoms with E-state index >= 15 is 0 Å². The molecule has 0 atom stereocenters. The van der Waals surface area contributed by atoms with E-state index in [1.54, 1.807) is 0 Å². The Morgan fingerprint density at radius 2 is 1.60 bits per heavy atom. The normalized spacial score (nSPS) is 13.8. The van der Waals surface area contributed by atoms with Crippen LogP contribution in [0.2, 0.25) is 0 Å². The molecule has 3 heteroatoms. The summed E-state index contributed by atoms with van der Waals surface area (Å²) in [5.74, 6) is -0.178. The van der Waals surface area contributed by atoms with Gasteiger partial charge < -0.3 is 5.32 Å². The predicted molar refractivity (Wildman–Crippen MR) is 78.6 cm³/mol. The van der Waals surface area contributed by atoms with Gasteiger partial charge in [0.05, 0.1) is 0 Å². The lowest BCUT2D eigenvalue weighted by Crippen LogP contribution is -2.17. The fourth-order valence-corrected chi connectivity index (χ4v) is 2.72. The highest BCUT2D eigenvalue weighted by Gasteiger charge is 2.10. The number of benzene rings is 2. The molecule has 0 aromatic heterocycles. The van der Waals surface area contributed by atoms with Crippen LogP contribution in [0.3, 0.4) is 0 Å². The highest BCUT2D eigenvalue weighted by atomic mass is 19.1. The zero-order chi connectivity index (χ0) is 13.9. The second kappa shape index (κ2) is 5.73. The van der Waals surface area contributed by atoms with Gasteiger partial charge >= 0.3 is 0 Å². The van der Waals surface area contributed by atoms with E-state index in [0.29, 0.717) is 0 Å². The van der Waals surface area contributed by atoms with Gasteiger partial charge in [0, 0.05) is 26.2 Å². The molecule has 1 aliphatic rings. The molecular weight excluding hydrogens is 251 g/mol. The van der Waals surface area contributed by atoms with E-state index in [4.69, 9.17) is 0 Å². The van der Waals surface area contributed by atoms with Gasteiger partial charge in [0.2, 0.25) is 0 Å². The van der Waals surface area contributed by atoms with Crippen molar-refractivity contribution in [2.75, 3.05) is 7.05 Å². The van der Waals surface area contributed by atoms with Crippen molar-refractivity contribution in [2.45, 2.75) is 26.2 Å². The van der Waals surface area contributed by atoms with Gasteiger partial charge in [-0.2, -0.15) is 0 Å². The molecule has 2 aromatic carbocycles. The summed E-state index contributed by atoms with van der Waals surface area (Å²) in [4.78, 5) is 2.25. The lowest BCUT2D eigenvalue weighted by Gasteiger charge is -2.17. The summed E-state index contributed by atoms with van der Waals surface area (Å²) >= 11 is 0. The Bertz CT molecular complexity index is 592. The summed E-state index contributed by atoms with van der Waals surface area (Å²) in [5, 5.41) is 3.36. The lowest BCUT2D eigenvalue weighted by molar-refractivity contribution is 0.319. The van der Waals surface area contributed by atoms with Crippen LogP contribution in [-0.2, 0) is 26.2 Å². The number of nitrogens with zero attached hydrogens (tertiary/aromatic N) is 1. The minimum Gasteiger partial charge on any atom is -0.309 e. The van der Waals surface area contributed by atoms with E-state index < -0.39 is 0 Å². The van der Waals surface area contributed by atoms with Gasteiger partial charge in [-0.25, -0.2) is 4.39 Å². The lowest BCUT2D eigenvalue weighted by atomic mass is 10.1. The topological polar surface area (TPSA) is 15.3 Å². The van der Waals surface area contributed by atoms with Crippen LogP contribution in [0.4, 0.5) is 4.39 Å². The molecule has 0 saturated heterocycles. The van der Waals surface area contributed by atoms with Crippen molar-refractivity contribution in [3.63, 3.8) is 0 Å². The van der Waals surface area contributed by atoms with Crippen molar-refractivity contribution in [3.05, 3.63) is 70.5 Å². The van der Waals surface area contributed by atoms with E-state index in [0.717, 1.165) is 31.7 Å². The van der Waals surface area contributed by atoms with Crippen molar-refractivity contribution < 1.29 is 4.39 Å². The van der Waals surface area contributed by atoms with Gasteiger partial charge in [0.1, 0.15) is 5.82 Å². The zero-order valence-electron chi connectivity index (χ0n) is 11.7. The number of fused-ring (bicyclic) bond motifs is 1. The Morgan fingerprint density at radius 3 is 2.40 bits per heavy atom. The van der Waals surface area contributed by atoms with Gasteiger partial charge in [0.15, 0.2) is 0 Å². The van der Waals surface area contributed by atoms with Crippen molar-refractivity contribution in [1.82, 2.24) is 10.2 Å². The van der Waals surface area contributed by atoms with Gasteiger partial charge in [-0.15, -0.1) is 0 Å². The molecule has 0 saturated carbocycles. The Balaban J connectivity index is 1.63. The third kappa shape index (κ3) is 3.06. The average Bonchev–Trinajstić information content (AvgIpc) is 2.89. The number of hydrogen-bond donors (Lipinski definition) is 1. The van der Waals surface area contributed by atoms with E-state index in [-0.39, 0.29) is 5.82 Å². The summed E-state index contributed by atoms with van der Waals surface area (Å²) in [6.07, 6.45) is 0. The number of rotatable bonds is 4. The summed E-state index contributed by atoms with van der Waals surface area (Å²) in [5.41, 5.74) is 5.29. The molecule has 2 aromatic rings. The first-order chi connectivity index (χ1) is 9.70. The Morgan fingerprint density at radius 1 is 0.950 bits per heavy atom. The second-order valence-corrected chi connectivity index (χ2v) is 5.51. The van der Waals surface area contributed by atoms with Crippen molar-refractivity contribution in [2.24, 2.45) is 0 Å². The highest BCUT2D eigenvalue weighted by molar-refractivity contribution is 5.34. The summed E-state index contributed by atoms with van der Waals surface area (Å²) < 4.78 is 12.9. The molecule has 20 heavy (non-hydrogen) atoms. The van der Waals surface area contributed by atoms with Gasteiger partial charge in [0.25, 0.3) is 0 Å². The molecule has 0 bridgehead atoms. The maximum Gasteiger partial charge on any atom is 0.123 e. The van der Waals surface area contributed by atoms with Crippen LogP contribution in [-0.4, -0.2) is 11.9 Å². The predicted octanol–water partition coefficient (Wildman–Crippen LogP) is 3.06. The third-order valence-electron chi connectivity index (χ3n) is 3.72. The Labute approximate surface area is 119 Å². The molecule has 0 spiro atoms. The summed E-state index contributed by atoms with van der Waals surface area (Å²) in [7, 11) is 2.09. The van der Waals surface area contributed by atoms with E-state index in [1.165, 1.54) is 28.8 Å². The van der Waals surface area contributed by atoms with Crippen molar-refractivity contribution in [1.29, 1.82) is 0 Å². The SMILES string of the molecule is CN(Cc1ccc(F)cc1)Cc1ccc2c(c1)CNC2. The van der Waals surface area contributed by atoms with E-state index in [9.17, 15) is 4.39 Å². The third-order valence-corrected chi connectivity index (χ3v) is 3.72. The Kier molecular flexibility index (Phi) is 3.81. The van der Waals surface area contributed by atoms with Crippen molar-refractivity contribution in [3.8, 4) is 0 Å². The minimum absolute atomic E-state index is 0.178. The second-order valence-electron chi connectivity index (χ2n) is 5.51. The molecule has 2 nitrogen and oxygen atoms in total. The first-order valence-corrected chi connectivity index (χ1v) is 6.95. The molecule has 0 unspecified atom stereocenters. The average molecular weight is 270 g/mol. The first kappa shape index (κ1) is 13.3. The van der Waals surface area contributed by atoms with Gasteiger partial charge in [-0.05, 0) is 41.4 Å². The summed E-state index contributed by atoms with van der Waals surface area (Å²) in [6.45, 7) is 3.70. The zero-order valence-corrected chi connectivity index (χ0v) is 11.7. The molecule has 1 N–H and O–H groups in total. The molecule has 0 amide bonds. The molecule has 1 aliphatic heterocycles. The number of nitrogens with one attached hydrogen (secondary N) is 1. The fourth-order valence-electron chi connectivity index (χ4n) is 2.72. The maximum atomic E-state index is 12.9. The quantitative estimate of drug-likeness (QED) is 0.918. The molecule has 0 fully saturated rings. The smallest absolute Gasteiger partial charge is 0.123 e. The van der Waals surface area contributed by atoms with Crippen LogP contribution in [0, 0.1) is 5.82 Å². The number of halogens is 1. The van der Waals surface area contributed by atoms with Gasteiger partial charge in [-0.1, -0.05) is 30.3 Å². The molecule has 3 rings (SSSR count). The molecular formula is C17H19FN2.